The maximum atomic E-state index is 12.2. The second-order valence-electron chi connectivity index (χ2n) is 6.04. The minimum Gasteiger partial charge on any atom is -0.454 e. The van der Waals surface area contributed by atoms with E-state index in [9.17, 15) is 9.59 Å². The maximum Gasteiger partial charge on any atom is 0.257 e. The molecule has 2 aromatic carbocycles. The fourth-order valence-corrected chi connectivity index (χ4v) is 3.49. The number of benzene rings is 2. The van der Waals surface area contributed by atoms with Crippen LogP contribution in [0.5, 0.6) is 11.5 Å². The van der Waals surface area contributed by atoms with Gasteiger partial charge in [0.25, 0.3) is 5.91 Å². The van der Waals surface area contributed by atoms with Crippen LogP contribution in [-0.4, -0.2) is 35.0 Å². The molecule has 0 atom stereocenters. The van der Waals surface area contributed by atoms with Crippen molar-refractivity contribution in [1.29, 1.82) is 0 Å². The first-order chi connectivity index (χ1) is 14.6. The van der Waals surface area contributed by atoms with Crippen molar-refractivity contribution in [2.75, 3.05) is 12.1 Å². The number of hydrogen-bond acceptors (Lipinski definition) is 8. The summed E-state index contributed by atoms with van der Waals surface area (Å²) in [5.74, 6) is 0.657. The van der Waals surface area contributed by atoms with Gasteiger partial charge in [-0.15, -0.1) is 10.2 Å². The normalized spacial score (nSPS) is 12.2. The summed E-state index contributed by atoms with van der Waals surface area (Å²) in [7, 11) is 0. The summed E-state index contributed by atoms with van der Waals surface area (Å²) in [5.41, 5.74) is 3.68. The zero-order valence-corrected chi connectivity index (χ0v) is 17.7. The number of carbonyl (C=O) groups excluding carboxylic acids is 2. The number of aromatic nitrogens is 2. The molecule has 0 bridgehead atoms. The third-order valence-electron chi connectivity index (χ3n) is 3.91. The average molecular weight is 488 g/mol. The van der Waals surface area contributed by atoms with Gasteiger partial charge in [-0.2, -0.15) is 5.10 Å². The van der Waals surface area contributed by atoms with E-state index in [0.29, 0.717) is 27.2 Å². The Labute approximate surface area is 183 Å². The number of amides is 2. The van der Waals surface area contributed by atoms with E-state index in [0.717, 1.165) is 21.4 Å². The van der Waals surface area contributed by atoms with Crippen molar-refractivity contribution in [3.05, 3.63) is 63.1 Å². The first kappa shape index (κ1) is 20.0. The lowest BCUT2D eigenvalue weighted by atomic mass is 10.2. The number of hydrazone groups is 1. The Morgan fingerprint density at radius 2 is 1.93 bits per heavy atom. The van der Waals surface area contributed by atoms with Gasteiger partial charge in [-0.1, -0.05) is 27.3 Å². The molecule has 0 saturated heterocycles. The lowest BCUT2D eigenvalue weighted by Gasteiger charge is -2.00. The number of ether oxygens (including phenoxy) is 2. The minimum atomic E-state index is -0.353. The van der Waals surface area contributed by atoms with E-state index >= 15 is 0 Å². The molecule has 30 heavy (non-hydrogen) atoms. The molecule has 0 saturated carbocycles. The van der Waals surface area contributed by atoms with E-state index in [2.05, 4.69) is 42.0 Å². The van der Waals surface area contributed by atoms with Crippen LogP contribution in [0, 0.1) is 0 Å². The van der Waals surface area contributed by atoms with E-state index < -0.39 is 0 Å². The highest BCUT2D eigenvalue weighted by Crippen LogP contribution is 2.31. The van der Waals surface area contributed by atoms with Crippen molar-refractivity contribution in [3.63, 3.8) is 0 Å². The predicted molar refractivity (Wildman–Crippen MR) is 114 cm³/mol. The van der Waals surface area contributed by atoms with Gasteiger partial charge in [0.15, 0.2) is 11.5 Å². The van der Waals surface area contributed by atoms with Gasteiger partial charge in [0, 0.05) is 10.0 Å². The van der Waals surface area contributed by atoms with Crippen LogP contribution < -0.4 is 20.2 Å². The fraction of sp³-hybridized carbons (Fsp3) is 0.105. The lowest BCUT2D eigenvalue weighted by Crippen LogP contribution is -2.19. The molecule has 0 spiro atoms. The number of nitrogens with one attached hydrogen (secondary N) is 2. The number of halogens is 1. The summed E-state index contributed by atoms with van der Waals surface area (Å²) in [6, 6.07) is 12.3. The van der Waals surface area contributed by atoms with Gasteiger partial charge in [0.05, 0.1) is 12.6 Å². The zero-order valence-electron chi connectivity index (χ0n) is 15.3. The number of anilines is 1. The molecule has 1 aliphatic rings. The molecule has 0 fully saturated rings. The van der Waals surface area contributed by atoms with Crippen LogP contribution in [0.2, 0.25) is 0 Å². The van der Waals surface area contributed by atoms with Crippen molar-refractivity contribution >= 4 is 50.4 Å². The third kappa shape index (κ3) is 4.99. The van der Waals surface area contributed by atoms with E-state index in [1.54, 1.807) is 42.5 Å². The first-order valence-corrected chi connectivity index (χ1v) is 10.3. The van der Waals surface area contributed by atoms with Crippen LogP contribution in [0.25, 0.3) is 0 Å². The van der Waals surface area contributed by atoms with E-state index in [1.165, 1.54) is 6.21 Å². The molecule has 4 rings (SSSR count). The highest BCUT2D eigenvalue weighted by Gasteiger charge is 2.14. The van der Waals surface area contributed by atoms with Crippen LogP contribution in [0.4, 0.5) is 5.13 Å². The number of fused-ring (bicyclic) bond motifs is 1. The molecule has 1 aromatic heterocycles. The molecule has 0 radical (unpaired) electrons. The monoisotopic (exact) mass is 487 g/mol. The van der Waals surface area contributed by atoms with Gasteiger partial charge in [-0.05, 0) is 48.0 Å². The minimum absolute atomic E-state index is 0.00962. The summed E-state index contributed by atoms with van der Waals surface area (Å²) in [4.78, 5) is 24.3. The quantitative estimate of drug-likeness (QED) is 0.407. The smallest absolute Gasteiger partial charge is 0.257 e. The highest BCUT2D eigenvalue weighted by molar-refractivity contribution is 9.10. The molecule has 11 heteroatoms. The first-order valence-electron chi connectivity index (χ1n) is 8.68. The second kappa shape index (κ2) is 9.01. The van der Waals surface area contributed by atoms with Crippen LogP contribution in [0.15, 0.2) is 52.0 Å². The molecule has 3 aromatic rings. The van der Waals surface area contributed by atoms with Crippen LogP contribution in [-0.2, 0) is 11.2 Å². The maximum absolute atomic E-state index is 12.2. The van der Waals surface area contributed by atoms with Crippen molar-refractivity contribution < 1.29 is 19.1 Å². The molecule has 0 aliphatic carbocycles. The Morgan fingerprint density at radius 1 is 1.13 bits per heavy atom. The number of carbonyl (C=O) groups is 2. The summed E-state index contributed by atoms with van der Waals surface area (Å²) < 4.78 is 11.4. The summed E-state index contributed by atoms with van der Waals surface area (Å²) >= 11 is 4.44. The van der Waals surface area contributed by atoms with Gasteiger partial charge in [-0.3, -0.25) is 14.9 Å². The zero-order chi connectivity index (χ0) is 20.9. The van der Waals surface area contributed by atoms with Crippen LogP contribution in [0.3, 0.4) is 0 Å². The Bertz CT molecular complexity index is 1120. The van der Waals surface area contributed by atoms with Crippen molar-refractivity contribution in [3.8, 4) is 11.5 Å². The molecule has 0 unspecified atom stereocenters. The van der Waals surface area contributed by atoms with Gasteiger partial charge in [-0.25, -0.2) is 5.43 Å². The van der Waals surface area contributed by atoms with Crippen LogP contribution >= 0.6 is 27.3 Å². The van der Waals surface area contributed by atoms with E-state index in [-0.39, 0.29) is 25.0 Å². The van der Waals surface area contributed by atoms with Crippen LogP contribution in [0.1, 0.15) is 20.9 Å². The van der Waals surface area contributed by atoms with Gasteiger partial charge in [0.1, 0.15) is 5.01 Å². The Morgan fingerprint density at radius 3 is 2.77 bits per heavy atom. The molecule has 1 aliphatic heterocycles. The lowest BCUT2D eigenvalue weighted by molar-refractivity contribution is -0.120. The molecule has 2 amide bonds. The third-order valence-corrected chi connectivity index (χ3v) is 5.27. The number of nitrogens with zero attached hydrogens (tertiary/aromatic N) is 3. The summed E-state index contributed by atoms with van der Waals surface area (Å²) in [5, 5.41) is 15.2. The van der Waals surface area contributed by atoms with Gasteiger partial charge < -0.3 is 9.47 Å². The predicted octanol–water partition coefficient (Wildman–Crippen LogP) is 2.97. The second-order valence-corrected chi connectivity index (χ2v) is 8.02. The molecule has 2 N–H and O–H groups in total. The Balaban J connectivity index is 1.28. The van der Waals surface area contributed by atoms with Crippen molar-refractivity contribution in [2.24, 2.45) is 5.10 Å². The largest absolute Gasteiger partial charge is 0.454 e. The van der Waals surface area contributed by atoms with Gasteiger partial charge >= 0.3 is 0 Å². The Kier molecular flexibility index (Phi) is 6.00. The summed E-state index contributed by atoms with van der Waals surface area (Å²) in [6.07, 6.45) is 1.49. The molecular formula is C19H14BrN5O4S. The van der Waals surface area contributed by atoms with Gasteiger partial charge in [0.2, 0.25) is 17.8 Å². The Hall–Kier alpha value is -3.31. The number of rotatable bonds is 6. The van der Waals surface area contributed by atoms with Crippen molar-refractivity contribution in [1.82, 2.24) is 15.6 Å². The van der Waals surface area contributed by atoms with E-state index in [1.807, 2.05) is 0 Å². The fourth-order valence-electron chi connectivity index (χ4n) is 2.50. The average Bonchev–Trinajstić information content (AvgIpc) is 3.37. The highest BCUT2D eigenvalue weighted by atomic mass is 79.9. The topological polar surface area (TPSA) is 115 Å². The van der Waals surface area contributed by atoms with E-state index in [4.69, 9.17) is 9.47 Å². The van der Waals surface area contributed by atoms with Crippen molar-refractivity contribution in [2.45, 2.75) is 6.42 Å². The molecule has 2 heterocycles. The SMILES string of the molecule is O=C(Cc1nnc(NC(=O)c2ccc(Br)cc2)s1)N/N=C\c1ccc2c(c1)OCO2. The molecule has 9 nitrogen and oxygen atoms in total. The standard InChI is InChI=1S/C19H14BrN5O4S/c20-13-4-2-12(3-5-13)18(27)22-19-25-24-17(30-19)8-16(26)23-21-9-11-1-6-14-15(7-11)29-10-28-14/h1-7,9H,8,10H2,(H,23,26)(H,22,25,27)/b21-9-. The number of hydrogen-bond donors (Lipinski definition) is 2. The summed E-state index contributed by atoms with van der Waals surface area (Å²) in [6.45, 7) is 0.195. The molecule has 152 valence electrons. The molecular weight excluding hydrogens is 474 g/mol.